The number of hydrogen-bond donors (Lipinski definition) is 1. The van der Waals surface area contributed by atoms with Gasteiger partial charge < -0.3 is 5.32 Å². The third kappa shape index (κ3) is 2.45. The molecule has 3 rings (SSSR count). The van der Waals surface area contributed by atoms with Crippen LogP contribution in [0.3, 0.4) is 0 Å². The van der Waals surface area contributed by atoms with Gasteiger partial charge in [-0.25, -0.2) is 0 Å². The summed E-state index contributed by atoms with van der Waals surface area (Å²) < 4.78 is 0. The smallest absolute Gasteiger partial charge is 0.0176 e. The molecule has 1 aromatic carbocycles. The number of rotatable bonds is 2. The average Bonchev–Trinajstić information content (AvgIpc) is 2.64. The molecule has 1 heterocycles. The highest BCUT2D eigenvalue weighted by Crippen LogP contribution is 2.27. The highest BCUT2D eigenvalue weighted by atomic mass is 15.2. The standard InChI is InChI=1S/C16H24N2/c1-18(15-7-4-9-17-10-8-15)16-11-13-5-2-3-6-14(13)12-16/h2-3,5-6,15-17H,4,7-12H2,1H3. The number of benzene rings is 1. The summed E-state index contributed by atoms with van der Waals surface area (Å²) in [5.74, 6) is 0. The van der Waals surface area contributed by atoms with Gasteiger partial charge in [0.1, 0.15) is 0 Å². The maximum Gasteiger partial charge on any atom is 0.0176 e. The predicted molar refractivity (Wildman–Crippen MR) is 75.9 cm³/mol. The van der Waals surface area contributed by atoms with Crippen molar-refractivity contribution in [2.75, 3.05) is 20.1 Å². The van der Waals surface area contributed by atoms with Gasteiger partial charge in [0, 0.05) is 12.1 Å². The van der Waals surface area contributed by atoms with Crippen LogP contribution in [0.1, 0.15) is 30.4 Å². The Bertz CT molecular complexity index is 369. The van der Waals surface area contributed by atoms with Gasteiger partial charge in [-0.2, -0.15) is 0 Å². The summed E-state index contributed by atoms with van der Waals surface area (Å²) in [4.78, 5) is 2.66. The maximum atomic E-state index is 3.51. The van der Waals surface area contributed by atoms with Crippen molar-refractivity contribution >= 4 is 0 Å². The summed E-state index contributed by atoms with van der Waals surface area (Å²) in [5, 5.41) is 3.51. The van der Waals surface area contributed by atoms with E-state index in [0.29, 0.717) is 0 Å². The van der Waals surface area contributed by atoms with E-state index < -0.39 is 0 Å². The van der Waals surface area contributed by atoms with Crippen LogP contribution in [-0.4, -0.2) is 37.1 Å². The van der Waals surface area contributed by atoms with Gasteiger partial charge in [0.15, 0.2) is 0 Å². The molecule has 0 radical (unpaired) electrons. The highest BCUT2D eigenvalue weighted by Gasteiger charge is 2.28. The van der Waals surface area contributed by atoms with E-state index in [2.05, 4.69) is 41.5 Å². The lowest BCUT2D eigenvalue weighted by Gasteiger charge is -2.32. The van der Waals surface area contributed by atoms with Gasteiger partial charge in [0.05, 0.1) is 0 Å². The van der Waals surface area contributed by atoms with E-state index in [0.717, 1.165) is 12.1 Å². The molecule has 0 aromatic heterocycles. The van der Waals surface area contributed by atoms with Crippen molar-refractivity contribution in [3.05, 3.63) is 35.4 Å². The average molecular weight is 244 g/mol. The first-order valence-corrected chi connectivity index (χ1v) is 7.34. The molecule has 2 heteroatoms. The molecule has 0 amide bonds. The number of hydrogen-bond acceptors (Lipinski definition) is 2. The zero-order valence-electron chi connectivity index (χ0n) is 11.4. The van der Waals surface area contributed by atoms with Crippen LogP contribution in [0.25, 0.3) is 0 Å². The van der Waals surface area contributed by atoms with Crippen molar-refractivity contribution in [3.63, 3.8) is 0 Å². The van der Waals surface area contributed by atoms with Crippen LogP contribution in [0.5, 0.6) is 0 Å². The first-order chi connectivity index (χ1) is 8.84. The van der Waals surface area contributed by atoms with Crippen LogP contribution < -0.4 is 5.32 Å². The van der Waals surface area contributed by atoms with Crippen LogP contribution in [0, 0.1) is 0 Å². The van der Waals surface area contributed by atoms with E-state index in [9.17, 15) is 0 Å². The molecule has 1 aliphatic heterocycles. The lowest BCUT2D eigenvalue weighted by molar-refractivity contribution is 0.164. The quantitative estimate of drug-likeness (QED) is 0.858. The zero-order chi connectivity index (χ0) is 12.4. The molecule has 18 heavy (non-hydrogen) atoms. The van der Waals surface area contributed by atoms with Crippen LogP contribution in [0.15, 0.2) is 24.3 Å². The summed E-state index contributed by atoms with van der Waals surface area (Å²) in [6, 6.07) is 10.5. The molecule has 0 bridgehead atoms. The lowest BCUT2D eigenvalue weighted by atomic mass is 10.0. The molecule has 98 valence electrons. The number of likely N-dealkylation sites (N-methyl/N-ethyl adjacent to an activating group) is 1. The van der Waals surface area contributed by atoms with Gasteiger partial charge >= 0.3 is 0 Å². The Morgan fingerprint density at radius 1 is 1.00 bits per heavy atom. The van der Waals surface area contributed by atoms with Crippen molar-refractivity contribution in [2.24, 2.45) is 0 Å². The van der Waals surface area contributed by atoms with Gasteiger partial charge in [-0.3, -0.25) is 4.90 Å². The third-order valence-corrected chi connectivity index (χ3v) is 4.73. The number of nitrogens with zero attached hydrogens (tertiary/aromatic N) is 1. The van der Waals surface area contributed by atoms with Gasteiger partial charge in [-0.15, -0.1) is 0 Å². The fraction of sp³-hybridized carbons (Fsp3) is 0.625. The molecule has 1 unspecified atom stereocenters. The fourth-order valence-corrected chi connectivity index (χ4v) is 3.53. The van der Waals surface area contributed by atoms with E-state index in [1.807, 2.05) is 0 Å². The Hall–Kier alpha value is -0.860. The monoisotopic (exact) mass is 244 g/mol. The zero-order valence-corrected chi connectivity index (χ0v) is 11.4. The topological polar surface area (TPSA) is 15.3 Å². The second kappa shape index (κ2) is 5.41. The molecule has 2 aliphatic rings. The van der Waals surface area contributed by atoms with Crippen molar-refractivity contribution in [2.45, 2.75) is 44.2 Å². The predicted octanol–water partition coefficient (Wildman–Crippen LogP) is 2.23. The van der Waals surface area contributed by atoms with Crippen molar-refractivity contribution in [1.29, 1.82) is 0 Å². The van der Waals surface area contributed by atoms with Crippen LogP contribution in [0.4, 0.5) is 0 Å². The lowest BCUT2D eigenvalue weighted by Crippen LogP contribution is -2.41. The Morgan fingerprint density at radius 3 is 2.44 bits per heavy atom. The SMILES string of the molecule is CN(C1CCCNCC1)C1Cc2ccccc2C1. The molecule has 1 atom stereocenters. The third-order valence-electron chi connectivity index (χ3n) is 4.73. The molecule has 1 aromatic rings. The Labute approximate surface area is 110 Å². The Balaban J connectivity index is 1.66. The summed E-state index contributed by atoms with van der Waals surface area (Å²) in [5.41, 5.74) is 3.14. The van der Waals surface area contributed by atoms with Gasteiger partial charge in [0.2, 0.25) is 0 Å². The molecule has 1 saturated heterocycles. The molecule has 1 aliphatic carbocycles. The number of fused-ring (bicyclic) bond motifs is 1. The molecular weight excluding hydrogens is 220 g/mol. The maximum absolute atomic E-state index is 3.51. The molecule has 0 spiro atoms. The van der Waals surface area contributed by atoms with E-state index in [-0.39, 0.29) is 0 Å². The Morgan fingerprint density at radius 2 is 1.72 bits per heavy atom. The van der Waals surface area contributed by atoms with Gasteiger partial charge in [0.25, 0.3) is 0 Å². The second-order valence-corrected chi connectivity index (χ2v) is 5.83. The van der Waals surface area contributed by atoms with Gasteiger partial charge in [-0.1, -0.05) is 24.3 Å². The van der Waals surface area contributed by atoms with Crippen LogP contribution in [-0.2, 0) is 12.8 Å². The van der Waals surface area contributed by atoms with Crippen molar-refractivity contribution in [3.8, 4) is 0 Å². The largest absolute Gasteiger partial charge is 0.317 e. The minimum absolute atomic E-state index is 0.727. The first-order valence-electron chi connectivity index (χ1n) is 7.34. The Kier molecular flexibility index (Phi) is 3.67. The summed E-state index contributed by atoms with van der Waals surface area (Å²) in [6.45, 7) is 2.39. The molecule has 1 fully saturated rings. The summed E-state index contributed by atoms with van der Waals surface area (Å²) in [6.07, 6.45) is 6.49. The molecular formula is C16H24N2. The van der Waals surface area contributed by atoms with Crippen LogP contribution in [0.2, 0.25) is 0 Å². The normalized spacial score (nSPS) is 25.1. The molecule has 2 nitrogen and oxygen atoms in total. The van der Waals surface area contributed by atoms with E-state index in [1.165, 1.54) is 45.2 Å². The second-order valence-electron chi connectivity index (χ2n) is 5.83. The van der Waals surface area contributed by atoms with Gasteiger partial charge in [-0.05, 0) is 63.4 Å². The highest BCUT2D eigenvalue weighted by molar-refractivity contribution is 5.33. The van der Waals surface area contributed by atoms with Crippen molar-refractivity contribution in [1.82, 2.24) is 10.2 Å². The van der Waals surface area contributed by atoms with E-state index in [4.69, 9.17) is 0 Å². The fourth-order valence-electron chi connectivity index (χ4n) is 3.53. The number of nitrogens with one attached hydrogen (secondary N) is 1. The summed E-state index contributed by atoms with van der Waals surface area (Å²) in [7, 11) is 2.34. The first kappa shape index (κ1) is 12.2. The van der Waals surface area contributed by atoms with Crippen LogP contribution >= 0.6 is 0 Å². The minimum Gasteiger partial charge on any atom is -0.317 e. The van der Waals surface area contributed by atoms with Crippen molar-refractivity contribution < 1.29 is 0 Å². The summed E-state index contributed by atoms with van der Waals surface area (Å²) >= 11 is 0. The van der Waals surface area contributed by atoms with E-state index in [1.54, 1.807) is 11.1 Å². The van der Waals surface area contributed by atoms with E-state index >= 15 is 0 Å². The molecule has 0 saturated carbocycles. The minimum atomic E-state index is 0.727. The molecule has 1 N–H and O–H groups in total.